The minimum Gasteiger partial charge on any atom is -0.457 e. The molecule has 2 rings (SSSR count). The molecule has 0 aliphatic heterocycles. The van der Waals surface area contributed by atoms with E-state index in [2.05, 4.69) is 20.9 Å². The zero-order valence-electron chi connectivity index (χ0n) is 7.65. The van der Waals surface area contributed by atoms with Crippen LogP contribution in [0.25, 0.3) is 0 Å². The van der Waals surface area contributed by atoms with Crippen LogP contribution in [0.1, 0.15) is 0 Å². The molecule has 1 aromatic carbocycles. The Kier molecular flexibility index (Phi) is 3.23. The van der Waals surface area contributed by atoms with E-state index in [-0.39, 0.29) is 0 Å². The number of rotatable bonds is 2. The molecule has 0 saturated heterocycles. The molecule has 1 aromatic heterocycles. The van der Waals surface area contributed by atoms with Crippen LogP contribution in [-0.2, 0) is 0 Å². The van der Waals surface area contributed by atoms with Crippen LogP contribution in [0, 0.1) is 0 Å². The molecule has 0 spiro atoms. The van der Waals surface area contributed by atoms with Gasteiger partial charge in [-0.05, 0) is 24.3 Å². The van der Waals surface area contributed by atoms with Crippen molar-refractivity contribution >= 4 is 27.5 Å². The largest absolute Gasteiger partial charge is 0.457 e. The average molecular weight is 285 g/mol. The molecule has 0 unspecified atom stereocenters. The first-order chi connectivity index (χ1) is 7.24. The second kappa shape index (κ2) is 4.64. The van der Waals surface area contributed by atoms with Crippen molar-refractivity contribution in [3.05, 3.63) is 52.2 Å². The van der Waals surface area contributed by atoms with Crippen LogP contribution in [0.5, 0.6) is 11.5 Å². The third-order valence-electron chi connectivity index (χ3n) is 1.73. The highest BCUT2D eigenvalue weighted by Gasteiger charge is 1.98. The Balaban J connectivity index is 2.22. The number of ether oxygens (including phenoxy) is 1. The zero-order chi connectivity index (χ0) is 10.7. The summed E-state index contributed by atoms with van der Waals surface area (Å²) in [6.45, 7) is 0. The SMILES string of the molecule is Clc1cc(Oc2cccc(Br)c2)ccn1. The Morgan fingerprint density at radius 2 is 1.93 bits per heavy atom. The highest BCUT2D eigenvalue weighted by atomic mass is 79.9. The number of hydrogen-bond acceptors (Lipinski definition) is 2. The summed E-state index contributed by atoms with van der Waals surface area (Å²) in [5.74, 6) is 1.43. The van der Waals surface area contributed by atoms with Gasteiger partial charge in [0.15, 0.2) is 0 Å². The van der Waals surface area contributed by atoms with Gasteiger partial charge in [0, 0.05) is 16.7 Å². The first-order valence-electron chi connectivity index (χ1n) is 4.29. The molecule has 15 heavy (non-hydrogen) atoms. The van der Waals surface area contributed by atoms with Crippen molar-refractivity contribution < 1.29 is 4.74 Å². The number of benzene rings is 1. The monoisotopic (exact) mass is 283 g/mol. The summed E-state index contributed by atoms with van der Waals surface area (Å²) >= 11 is 9.11. The number of nitrogens with zero attached hydrogens (tertiary/aromatic N) is 1. The summed E-state index contributed by atoms with van der Waals surface area (Å²) in [4.78, 5) is 3.88. The molecule has 0 fully saturated rings. The van der Waals surface area contributed by atoms with E-state index < -0.39 is 0 Å². The number of aromatic nitrogens is 1. The van der Waals surface area contributed by atoms with Gasteiger partial charge >= 0.3 is 0 Å². The molecular weight excluding hydrogens is 277 g/mol. The van der Waals surface area contributed by atoms with Gasteiger partial charge in [-0.15, -0.1) is 0 Å². The lowest BCUT2D eigenvalue weighted by Crippen LogP contribution is -1.84. The van der Waals surface area contributed by atoms with Gasteiger partial charge in [0.2, 0.25) is 0 Å². The fourth-order valence-corrected chi connectivity index (χ4v) is 1.66. The first-order valence-corrected chi connectivity index (χ1v) is 5.46. The fourth-order valence-electron chi connectivity index (χ4n) is 1.11. The van der Waals surface area contributed by atoms with Crippen LogP contribution >= 0.6 is 27.5 Å². The Bertz CT molecular complexity index is 432. The third-order valence-corrected chi connectivity index (χ3v) is 2.43. The van der Waals surface area contributed by atoms with E-state index >= 15 is 0 Å². The molecule has 0 atom stereocenters. The second-order valence-electron chi connectivity index (χ2n) is 2.87. The Morgan fingerprint density at radius 3 is 2.67 bits per heavy atom. The molecule has 0 aliphatic rings. The smallest absolute Gasteiger partial charge is 0.132 e. The second-order valence-corrected chi connectivity index (χ2v) is 4.18. The molecule has 0 aliphatic carbocycles. The maximum atomic E-state index is 5.74. The minimum absolute atomic E-state index is 0.419. The van der Waals surface area contributed by atoms with Crippen LogP contribution in [0.15, 0.2) is 47.1 Å². The molecule has 76 valence electrons. The van der Waals surface area contributed by atoms with Gasteiger partial charge in [0.1, 0.15) is 16.7 Å². The van der Waals surface area contributed by atoms with Crippen molar-refractivity contribution in [2.75, 3.05) is 0 Å². The minimum atomic E-state index is 0.419. The maximum absolute atomic E-state index is 5.74. The van der Waals surface area contributed by atoms with E-state index in [1.165, 1.54) is 0 Å². The van der Waals surface area contributed by atoms with E-state index in [1.54, 1.807) is 18.3 Å². The molecule has 0 radical (unpaired) electrons. The Labute approximate surface area is 101 Å². The summed E-state index contributed by atoms with van der Waals surface area (Å²) in [5, 5.41) is 0.419. The van der Waals surface area contributed by atoms with E-state index in [0.29, 0.717) is 10.9 Å². The van der Waals surface area contributed by atoms with Gasteiger partial charge in [-0.25, -0.2) is 4.98 Å². The van der Waals surface area contributed by atoms with Gasteiger partial charge in [0.05, 0.1) is 0 Å². The van der Waals surface area contributed by atoms with Crippen molar-refractivity contribution in [3.63, 3.8) is 0 Å². The fraction of sp³-hybridized carbons (Fsp3) is 0. The van der Waals surface area contributed by atoms with E-state index in [0.717, 1.165) is 10.2 Å². The van der Waals surface area contributed by atoms with Crippen molar-refractivity contribution in [1.29, 1.82) is 0 Å². The Morgan fingerprint density at radius 1 is 1.13 bits per heavy atom. The van der Waals surface area contributed by atoms with Gasteiger partial charge in [-0.2, -0.15) is 0 Å². The summed E-state index contributed by atoms with van der Waals surface area (Å²) in [7, 11) is 0. The maximum Gasteiger partial charge on any atom is 0.132 e. The quantitative estimate of drug-likeness (QED) is 0.768. The molecule has 1 heterocycles. The summed E-state index contributed by atoms with van der Waals surface area (Å²) < 4.78 is 6.56. The van der Waals surface area contributed by atoms with E-state index in [1.807, 2.05) is 24.3 Å². The highest BCUT2D eigenvalue weighted by Crippen LogP contribution is 2.25. The lowest BCUT2D eigenvalue weighted by atomic mass is 10.3. The van der Waals surface area contributed by atoms with Crippen LogP contribution < -0.4 is 4.74 Å². The average Bonchev–Trinajstić information content (AvgIpc) is 2.17. The number of hydrogen-bond donors (Lipinski definition) is 0. The predicted octanol–water partition coefficient (Wildman–Crippen LogP) is 4.29. The highest BCUT2D eigenvalue weighted by molar-refractivity contribution is 9.10. The van der Waals surface area contributed by atoms with Gasteiger partial charge in [-0.1, -0.05) is 33.6 Å². The molecule has 2 nitrogen and oxygen atoms in total. The van der Waals surface area contributed by atoms with Crippen molar-refractivity contribution in [1.82, 2.24) is 4.98 Å². The number of halogens is 2. The van der Waals surface area contributed by atoms with Crippen LogP contribution in [0.4, 0.5) is 0 Å². The topological polar surface area (TPSA) is 22.1 Å². The standard InChI is InChI=1S/C11H7BrClNO/c12-8-2-1-3-9(6-8)15-10-4-5-14-11(13)7-10/h1-7H. The van der Waals surface area contributed by atoms with E-state index in [4.69, 9.17) is 16.3 Å². The van der Waals surface area contributed by atoms with E-state index in [9.17, 15) is 0 Å². The van der Waals surface area contributed by atoms with Crippen molar-refractivity contribution in [2.24, 2.45) is 0 Å². The summed E-state index contributed by atoms with van der Waals surface area (Å²) in [6.07, 6.45) is 1.61. The summed E-state index contributed by atoms with van der Waals surface area (Å²) in [5.41, 5.74) is 0. The molecular formula is C11H7BrClNO. The number of pyridine rings is 1. The molecule has 0 bridgehead atoms. The Hall–Kier alpha value is -1.06. The van der Waals surface area contributed by atoms with Gasteiger partial charge in [-0.3, -0.25) is 0 Å². The predicted molar refractivity (Wildman–Crippen MR) is 63.5 cm³/mol. The van der Waals surface area contributed by atoms with Crippen LogP contribution in [0.2, 0.25) is 5.15 Å². The zero-order valence-corrected chi connectivity index (χ0v) is 9.99. The summed E-state index contributed by atoms with van der Waals surface area (Å²) in [6, 6.07) is 11.0. The normalized spacial score (nSPS) is 10.0. The lowest BCUT2D eigenvalue weighted by molar-refractivity contribution is 0.481. The molecule has 2 aromatic rings. The van der Waals surface area contributed by atoms with Crippen LogP contribution in [0.3, 0.4) is 0 Å². The molecule has 0 amide bonds. The van der Waals surface area contributed by atoms with Gasteiger partial charge < -0.3 is 4.74 Å². The molecule has 4 heteroatoms. The molecule has 0 N–H and O–H groups in total. The van der Waals surface area contributed by atoms with Gasteiger partial charge in [0.25, 0.3) is 0 Å². The molecule has 0 saturated carbocycles. The lowest BCUT2D eigenvalue weighted by Gasteiger charge is -2.05. The van der Waals surface area contributed by atoms with Crippen molar-refractivity contribution in [3.8, 4) is 11.5 Å². The first kappa shape index (κ1) is 10.5. The van der Waals surface area contributed by atoms with Crippen molar-refractivity contribution in [2.45, 2.75) is 0 Å². The van der Waals surface area contributed by atoms with Crippen LogP contribution in [-0.4, -0.2) is 4.98 Å². The third kappa shape index (κ3) is 2.94.